The van der Waals surface area contributed by atoms with Crippen molar-refractivity contribution in [2.24, 2.45) is 0 Å². The lowest BCUT2D eigenvalue weighted by atomic mass is 9.85. The Morgan fingerprint density at radius 2 is 2.06 bits per heavy atom. The average molecular weight is 494 g/mol. The second-order valence-corrected chi connectivity index (χ2v) is 9.99. The Morgan fingerprint density at radius 3 is 2.78 bits per heavy atom. The first kappa shape index (κ1) is 24.0. The molecule has 0 spiro atoms. The Hall–Kier alpha value is -3.75. The molecule has 5 rings (SSSR count). The molecule has 1 aliphatic carbocycles. The van der Waals surface area contributed by atoms with Crippen molar-refractivity contribution in [3.8, 4) is 5.88 Å². The van der Waals surface area contributed by atoms with Crippen molar-refractivity contribution in [1.29, 1.82) is 0 Å². The zero-order valence-corrected chi connectivity index (χ0v) is 20.5. The van der Waals surface area contributed by atoms with E-state index in [0.717, 1.165) is 24.5 Å². The highest BCUT2D eigenvalue weighted by Crippen LogP contribution is 2.41. The number of carbonyl (C=O) groups excluding carboxylic acids is 2. The topological polar surface area (TPSA) is 106 Å². The van der Waals surface area contributed by atoms with Crippen molar-refractivity contribution >= 4 is 11.7 Å². The summed E-state index contributed by atoms with van der Waals surface area (Å²) in [5.74, 6) is -0.877. The molecule has 0 saturated heterocycles. The average Bonchev–Trinajstić information content (AvgIpc) is 3.40. The van der Waals surface area contributed by atoms with E-state index in [-0.39, 0.29) is 35.7 Å². The summed E-state index contributed by atoms with van der Waals surface area (Å²) in [4.78, 5) is 44.5. The van der Waals surface area contributed by atoms with E-state index in [0.29, 0.717) is 41.3 Å². The highest BCUT2D eigenvalue weighted by molar-refractivity contribution is 5.97. The largest absolute Gasteiger partial charge is 0.478 e. The summed E-state index contributed by atoms with van der Waals surface area (Å²) in [6.07, 6.45) is 1.96. The van der Waals surface area contributed by atoms with Crippen LogP contribution >= 0.6 is 0 Å². The zero-order chi connectivity index (χ0) is 25.6. The SMILES string of the molecule is CCOc1ccc2c(n1)CCN(C(=O)c1cc(=O)[nH]o1)[C@@H]2C(=O)Cc1cc(F)c2c(c1)CCC2(C)C. The van der Waals surface area contributed by atoms with Gasteiger partial charge >= 0.3 is 0 Å². The van der Waals surface area contributed by atoms with Gasteiger partial charge in [-0.3, -0.25) is 14.4 Å². The lowest BCUT2D eigenvalue weighted by molar-refractivity contribution is -0.123. The molecule has 3 aromatic rings. The van der Waals surface area contributed by atoms with Gasteiger partial charge in [-0.05, 0) is 54.0 Å². The van der Waals surface area contributed by atoms with Gasteiger partial charge in [0.05, 0.1) is 18.4 Å². The van der Waals surface area contributed by atoms with Crippen LogP contribution in [0, 0.1) is 5.82 Å². The number of aryl methyl sites for hydroxylation is 1. The summed E-state index contributed by atoms with van der Waals surface area (Å²) in [7, 11) is 0. The van der Waals surface area contributed by atoms with E-state index in [2.05, 4.69) is 10.1 Å². The molecule has 1 N–H and O–H groups in total. The Kier molecular flexibility index (Phi) is 6.02. The quantitative estimate of drug-likeness (QED) is 0.562. The van der Waals surface area contributed by atoms with Crippen LogP contribution in [0.15, 0.2) is 39.6 Å². The molecule has 2 aromatic heterocycles. The van der Waals surface area contributed by atoms with Gasteiger partial charge in [0.25, 0.3) is 11.5 Å². The van der Waals surface area contributed by atoms with Crippen LogP contribution in [0.25, 0.3) is 0 Å². The van der Waals surface area contributed by atoms with Gasteiger partial charge in [-0.25, -0.2) is 9.37 Å². The van der Waals surface area contributed by atoms with Gasteiger partial charge in [0, 0.05) is 31.0 Å². The molecule has 188 valence electrons. The third-order valence-corrected chi connectivity index (χ3v) is 7.08. The van der Waals surface area contributed by atoms with Crippen LogP contribution in [0.2, 0.25) is 0 Å². The zero-order valence-electron chi connectivity index (χ0n) is 20.5. The molecular weight excluding hydrogens is 465 g/mol. The molecule has 36 heavy (non-hydrogen) atoms. The summed E-state index contributed by atoms with van der Waals surface area (Å²) in [5, 5.41) is 2.12. The molecule has 1 aromatic carbocycles. The maximum absolute atomic E-state index is 15.1. The summed E-state index contributed by atoms with van der Waals surface area (Å²) < 4.78 is 25.6. The van der Waals surface area contributed by atoms with Crippen LogP contribution in [-0.4, -0.2) is 39.9 Å². The predicted molar refractivity (Wildman–Crippen MR) is 129 cm³/mol. The number of pyridine rings is 1. The summed E-state index contributed by atoms with van der Waals surface area (Å²) in [6.45, 7) is 6.56. The van der Waals surface area contributed by atoms with E-state index in [4.69, 9.17) is 9.26 Å². The fourth-order valence-electron chi connectivity index (χ4n) is 5.44. The molecule has 0 bridgehead atoms. The highest BCUT2D eigenvalue weighted by atomic mass is 19.1. The minimum Gasteiger partial charge on any atom is -0.478 e. The second kappa shape index (κ2) is 9.04. The lowest BCUT2D eigenvalue weighted by Crippen LogP contribution is -2.44. The fourth-order valence-corrected chi connectivity index (χ4v) is 5.44. The summed E-state index contributed by atoms with van der Waals surface area (Å²) in [5.41, 5.74) is 2.69. The van der Waals surface area contributed by atoms with Crippen LogP contribution in [0.5, 0.6) is 5.88 Å². The molecule has 0 unspecified atom stereocenters. The smallest absolute Gasteiger partial charge is 0.293 e. The summed E-state index contributed by atoms with van der Waals surface area (Å²) >= 11 is 0. The number of hydrogen-bond acceptors (Lipinski definition) is 6. The Labute approximate surface area is 207 Å². The molecule has 9 heteroatoms. The Morgan fingerprint density at radius 1 is 1.25 bits per heavy atom. The standard InChI is InChI=1S/C27H28FN3O5/c1-4-35-23-6-5-17-19(29-23)8-10-31(26(34)21-14-22(33)30-36-21)25(17)20(32)13-15-11-16-7-9-27(2,3)24(16)18(28)12-15/h5-6,11-12,14,25H,4,7-10,13H2,1-3H3,(H,30,33)/t25-/m0/s1. The number of aromatic nitrogens is 2. The second-order valence-electron chi connectivity index (χ2n) is 9.99. The normalized spacial score (nSPS) is 18.0. The molecule has 0 fully saturated rings. The summed E-state index contributed by atoms with van der Waals surface area (Å²) in [6, 6.07) is 6.85. The fraction of sp³-hybridized carbons (Fsp3) is 0.407. The van der Waals surface area contributed by atoms with Crippen molar-refractivity contribution in [3.63, 3.8) is 0 Å². The molecule has 1 amide bonds. The molecule has 0 saturated carbocycles. The number of carbonyl (C=O) groups is 2. The molecule has 1 aliphatic heterocycles. The Bertz CT molecular complexity index is 1410. The lowest BCUT2D eigenvalue weighted by Gasteiger charge is -2.35. The van der Waals surface area contributed by atoms with Crippen molar-refractivity contribution in [1.82, 2.24) is 15.0 Å². The number of H-pyrrole nitrogens is 1. The number of nitrogens with one attached hydrogen (secondary N) is 1. The van der Waals surface area contributed by atoms with E-state index in [1.165, 1.54) is 11.0 Å². The van der Waals surface area contributed by atoms with Crippen LogP contribution in [0.3, 0.4) is 0 Å². The first-order chi connectivity index (χ1) is 17.2. The Balaban J connectivity index is 1.51. The molecule has 3 heterocycles. The van der Waals surface area contributed by atoms with Gasteiger partial charge in [0.1, 0.15) is 11.9 Å². The van der Waals surface area contributed by atoms with E-state index in [9.17, 15) is 14.4 Å². The van der Waals surface area contributed by atoms with E-state index < -0.39 is 17.5 Å². The van der Waals surface area contributed by atoms with Crippen molar-refractivity contribution < 1.29 is 23.2 Å². The molecule has 0 radical (unpaired) electrons. The van der Waals surface area contributed by atoms with Crippen LogP contribution in [0.4, 0.5) is 4.39 Å². The van der Waals surface area contributed by atoms with E-state index in [1.807, 2.05) is 26.8 Å². The third-order valence-electron chi connectivity index (χ3n) is 7.08. The van der Waals surface area contributed by atoms with Crippen LogP contribution < -0.4 is 10.3 Å². The number of hydrogen-bond donors (Lipinski definition) is 1. The number of ether oxygens (including phenoxy) is 1. The van der Waals surface area contributed by atoms with Gasteiger partial charge in [-0.2, -0.15) is 5.16 Å². The number of benzene rings is 1. The first-order valence-corrected chi connectivity index (χ1v) is 12.1. The van der Waals surface area contributed by atoms with Gasteiger partial charge in [-0.1, -0.05) is 19.9 Å². The third kappa shape index (κ3) is 4.23. The number of halogens is 1. The highest BCUT2D eigenvalue weighted by Gasteiger charge is 2.39. The van der Waals surface area contributed by atoms with Crippen molar-refractivity contribution in [3.05, 3.63) is 80.2 Å². The van der Waals surface area contributed by atoms with Gasteiger partial charge in [0.15, 0.2) is 5.78 Å². The van der Waals surface area contributed by atoms with Crippen molar-refractivity contribution in [2.75, 3.05) is 13.2 Å². The first-order valence-electron chi connectivity index (χ1n) is 12.1. The molecule has 8 nitrogen and oxygen atoms in total. The number of aromatic amines is 1. The van der Waals surface area contributed by atoms with E-state index in [1.54, 1.807) is 12.1 Å². The van der Waals surface area contributed by atoms with Crippen molar-refractivity contribution in [2.45, 2.75) is 57.9 Å². The number of amides is 1. The maximum Gasteiger partial charge on any atom is 0.293 e. The molecule has 2 aliphatic rings. The minimum absolute atomic E-state index is 0.0528. The van der Waals surface area contributed by atoms with Gasteiger partial charge in [-0.15, -0.1) is 0 Å². The number of Topliss-reactive ketones (excluding diaryl/α,β-unsaturated/α-hetero) is 1. The number of rotatable bonds is 6. The molecule has 1 atom stereocenters. The minimum atomic E-state index is -0.961. The van der Waals surface area contributed by atoms with Crippen LogP contribution in [-0.2, 0) is 29.5 Å². The monoisotopic (exact) mass is 493 g/mol. The van der Waals surface area contributed by atoms with Gasteiger partial charge in [0.2, 0.25) is 11.6 Å². The molecular formula is C27H28FN3O5. The predicted octanol–water partition coefficient (Wildman–Crippen LogP) is 3.68. The number of ketones is 1. The van der Waals surface area contributed by atoms with Crippen LogP contribution in [0.1, 0.15) is 71.7 Å². The maximum atomic E-state index is 15.1. The number of nitrogens with zero attached hydrogens (tertiary/aromatic N) is 2. The number of fused-ring (bicyclic) bond motifs is 2. The van der Waals surface area contributed by atoms with E-state index >= 15 is 4.39 Å². The van der Waals surface area contributed by atoms with Gasteiger partial charge < -0.3 is 14.2 Å².